The van der Waals surface area contributed by atoms with E-state index in [9.17, 15) is 14.7 Å². The minimum Gasteiger partial charge on any atom is -0.481 e. The third-order valence-corrected chi connectivity index (χ3v) is 8.47. The van der Waals surface area contributed by atoms with Crippen molar-refractivity contribution in [2.75, 3.05) is 0 Å². The van der Waals surface area contributed by atoms with E-state index in [0.29, 0.717) is 6.42 Å². The molecule has 6 nitrogen and oxygen atoms in total. The number of hydrogen-bond donors (Lipinski definition) is 4. The first-order valence-corrected chi connectivity index (χ1v) is 14.8. The van der Waals surface area contributed by atoms with E-state index in [1.165, 1.54) is 0 Å². The highest BCUT2D eigenvalue weighted by molar-refractivity contribution is 5.76. The SMILES string of the molecule is CC(C)(C)NC1CCCCC1C(CCCCCCCC(=O)O)(C(=O)O)C1CCCCC1NC(C)(C)C. The van der Waals surface area contributed by atoms with Crippen LogP contribution < -0.4 is 10.6 Å². The van der Waals surface area contributed by atoms with Crippen LogP contribution in [0.1, 0.15) is 138 Å². The highest BCUT2D eigenvalue weighted by atomic mass is 16.4. The predicted molar refractivity (Wildman–Crippen MR) is 147 cm³/mol. The molecule has 2 aliphatic carbocycles. The number of carboxylic acids is 2. The predicted octanol–water partition coefficient (Wildman–Crippen LogP) is 6.77. The maximum Gasteiger partial charge on any atom is 0.310 e. The first-order chi connectivity index (χ1) is 16.8. The molecular weight excluding hydrogens is 452 g/mol. The van der Waals surface area contributed by atoms with E-state index in [0.717, 1.165) is 83.5 Å². The van der Waals surface area contributed by atoms with E-state index in [-0.39, 0.29) is 41.4 Å². The number of carbonyl (C=O) groups is 2. The zero-order chi connectivity index (χ0) is 27.0. The average Bonchev–Trinajstić information content (AvgIpc) is 2.74. The number of aliphatic carboxylic acids is 2. The van der Waals surface area contributed by atoms with Crippen LogP contribution in [0, 0.1) is 17.3 Å². The molecule has 0 aliphatic heterocycles. The maximum absolute atomic E-state index is 13.6. The van der Waals surface area contributed by atoms with E-state index in [4.69, 9.17) is 5.11 Å². The first kappa shape index (κ1) is 31.1. The summed E-state index contributed by atoms with van der Waals surface area (Å²) in [6, 6.07) is 0.449. The van der Waals surface area contributed by atoms with Crippen LogP contribution in [0.25, 0.3) is 0 Å². The van der Waals surface area contributed by atoms with Crippen molar-refractivity contribution >= 4 is 11.9 Å². The van der Waals surface area contributed by atoms with Crippen LogP contribution in [0.5, 0.6) is 0 Å². The van der Waals surface area contributed by atoms with Gasteiger partial charge in [0.25, 0.3) is 0 Å². The second-order valence-electron chi connectivity index (χ2n) is 13.8. The summed E-state index contributed by atoms with van der Waals surface area (Å²) >= 11 is 0. The van der Waals surface area contributed by atoms with Crippen molar-refractivity contribution in [3.63, 3.8) is 0 Å². The summed E-state index contributed by atoms with van der Waals surface area (Å²) in [5, 5.41) is 27.8. The molecule has 0 aromatic carbocycles. The fourth-order valence-corrected chi connectivity index (χ4v) is 7.25. The summed E-state index contributed by atoms with van der Waals surface area (Å²) in [6.07, 6.45) is 14.0. The topological polar surface area (TPSA) is 98.7 Å². The minimum absolute atomic E-state index is 0.0513. The molecule has 0 aromatic heterocycles. The molecule has 0 spiro atoms. The van der Waals surface area contributed by atoms with Gasteiger partial charge in [0.05, 0.1) is 5.41 Å². The van der Waals surface area contributed by atoms with Crippen molar-refractivity contribution in [2.45, 2.75) is 161 Å². The summed E-state index contributed by atoms with van der Waals surface area (Å²) in [4.78, 5) is 24.4. The molecule has 210 valence electrons. The number of carboxylic acid groups (broad SMARTS) is 2. The molecule has 2 rings (SSSR count). The second-order valence-corrected chi connectivity index (χ2v) is 13.8. The maximum atomic E-state index is 13.6. The van der Waals surface area contributed by atoms with Crippen LogP contribution >= 0.6 is 0 Å². The number of hydrogen-bond acceptors (Lipinski definition) is 4. The Morgan fingerprint density at radius 1 is 0.667 bits per heavy atom. The molecule has 0 radical (unpaired) electrons. The quantitative estimate of drug-likeness (QED) is 0.205. The van der Waals surface area contributed by atoms with Gasteiger partial charge in [-0.1, -0.05) is 51.4 Å². The molecule has 0 bridgehead atoms. The van der Waals surface area contributed by atoms with Gasteiger partial charge in [0.2, 0.25) is 0 Å². The van der Waals surface area contributed by atoms with Gasteiger partial charge in [-0.15, -0.1) is 0 Å². The van der Waals surface area contributed by atoms with Crippen molar-refractivity contribution in [1.29, 1.82) is 0 Å². The Hall–Kier alpha value is -1.14. The van der Waals surface area contributed by atoms with Crippen molar-refractivity contribution in [1.82, 2.24) is 10.6 Å². The van der Waals surface area contributed by atoms with Gasteiger partial charge in [0.15, 0.2) is 0 Å². The molecule has 2 fully saturated rings. The smallest absolute Gasteiger partial charge is 0.310 e. The third kappa shape index (κ3) is 9.31. The lowest BCUT2D eigenvalue weighted by Gasteiger charge is -2.53. The fraction of sp³-hybridized carbons (Fsp3) is 0.933. The van der Waals surface area contributed by atoms with E-state index in [1.54, 1.807) is 0 Å². The van der Waals surface area contributed by atoms with E-state index >= 15 is 0 Å². The standard InChI is InChI=1S/C30H56N2O4/c1-28(2,3)31-24-18-13-11-16-22(24)30(27(35)36,21-15-9-7-8-10-20-26(33)34)23-17-12-14-19-25(23)32-29(4,5)6/h22-25,31-32H,7-21H2,1-6H3,(H,33,34)(H,35,36). The normalized spacial score (nSPS) is 27.4. The van der Waals surface area contributed by atoms with Crippen molar-refractivity contribution in [3.05, 3.63) is 0 Å². The van der Waals surface area contributed by atoms with Gasteiger partial charge in [-0.25, -0.2) is 0 Å². The summed E-state index contributed by atoms with van der Waals surface area (Å²) in [5.41, 5.74) is -0.845. The summed E-state index contributed by atoms with van der Waals surface area (Å²) < 4.78 is 0. The molecule has 6 heteroatoms. The third-order valence-electron chi connectivity index (χ3n) is 8.47. The average molecular weight is 509 g/mol. The summed E-state index contributed by atoms with van der Waals surface area (Å²) in [5.74, 6) is -1.07. The van der Waals surface area contributed by atoms with Crippen LogP contribution in [0.15, 0.2) is 0 Å². The van der Waals surface area contributed by atoms with Gasteiger partial charge in [-0.2, -0.15) is 0 Å². The van der Waals surface area contributed by atoms with Gasteiger partial charge in [-0.05, 0) is 91.9 Å². The van der Waals surface area contributed by atoms with Gasteiger partial charge in [-0.3, -0.25) is 9.59 Å². The van der Waals surface area contributed by atoms with E-state index < -0.39 is 17.4 Å². The lowest BCUT2D eigenvalue weighted by atomic mass is 9.54. The number of nitrogens with one attached hydrogen (secondary N) is 2. The molecule has 2 aliphatic rings. The van der Waals surface area contributed by atoms with E-state index in [2.05, 4.69) is 52.2 Å². The Balaban J connectivity index is 2.35. The lowest BCUT2D eigenvalue weighted by molar-refractivity contribution is -0.165. The lowest BCUT2D eigenvalue weighted by Crippen LogP contribution is -2.62. The van der Waals surface area contributed by atoms with Gasteiger partial charge in [0.1, 0.15) is 0 Å². The molecule has 4 atom stereocenters. The number of rotatable bonds is 13. The zero-order valence-corrected chi connectivity index (χ0v) is 24.1. The van der Waals surface area contributed by atoms with Crippen LogP contribution in [0.4, 0.5) is 0 Å². The Bertz CT molecular complexity index is 658. The minimum atomic E-state index is -0.742. The number of unbranched alkanes of at least 4 members (excludes halogenated alkanes) is 4. The second kappa shape index (κ2) is 13.6. The summed E-state index contributed by atoms with van der Waals surface area (Å²) in [7, 11) is 0. The van der Waals surface area contributed by atoms with Gasteiger partial charge >= 0.3 is 11.9 Å². The van der Waals surface area contributed by atoms with Crippen molar-refractivity contribution in [3.8, 4) is 0 Å². The van der Waals surface area contributed by atoms with E-state index in [1.807, 2.05) is 0 Å². The highest BCUT2D eigenvalue weighted by Gasteiger charge is 2.56. The van der Waals surface area contributed by atoms with Crippen LogP contribution in [-0.2, 0) is 9.59 Å². The van der Waals surface area contributed by atoms with Crippen LogP contribution in [-0.4, -0.2) is 45.3 Å². The van der Waals surface area contributed by atoms with Gasteiger partial charge in [0, 0.05) is 29.6 Å². The molecule has 0 amide bonds. The highest BCUT2D eigenvalue weighted by Crippen LogP contribution is 2.53. The Kier molecular flexibility index (Phi) is 11.7. The van der Waals surface area contributed by atoms with Crippen molar-refractivity contribution in [2.24, 2.45) is 17.3 Å². The Morgan fingerprint density at radius 2 is 1.08 bits per heavy atom. The molecule has 2 saturated carbocycles. The van der Waals surface area contributed by atoms with Crippen molar-refractivity contribution < 1.29 is 19.8 Å². The molecule has 4 N–H and O–H groups in total. The molecule has 0 saturated heterocycles. The summed E-state index contributed by atoms with van der Waals surface area (Å²) in [6.45, 7) is 13.2. The Labute approximate surface area is 220 Å². The largest absolute Gasteiger partial charge is 0.481 e. The Morgan fingerprint density at radius 3 is 1.50 bits per heavy atom. The molecule has 0 heterocycles. The zero-order valence-electron chi connectivity index (χ0n) is 24.1. The van der Waals surface area contributed by atoms with Crippen LogP contribution in [0.3, 0.4) is 0 Å². The molecule has 4 unspecified atom stereocenters. The molecular formula is C30H56N2O4. The first-order valence-electron chi connectivity index (χ1n) is 14.8. The van der Waals surface area contributed by atoms with Crippen LogP contribution in [0.2, 0.25) is 0 Å². The molecule has 36 heavy (non-hydrogen) atoms. The molecule has 0 aromatic rings. The monoisotopic (exact) mass is 508 g/mol. The fourth-order valence-electron chi connectivity index (χ4n) is 7.25. The van der Waals surface area contributed by atoms with Gasteiger partial charge < -0.3 is 20.8 Å².